The normalized spacial score (nSPS) is 24.5. The van der Waals surface area contributed by atoms with Gasteiger partial charge in [-0.05, 0) is 31.2 Å². The number of alkyl halides is 5. The Morgan fingerprint density at radius 3 is 2.37 bits per heavy atom. The third kappa shape index (κ3) is 5.04. The highest BCUT2D eigenvalue weighted by Gasteiger charge is 2.65. The van der Waals surface area contributed by atoms with Gasteiger partial charge in [0.25, 0.3) is 11.8 Å². The van der Waals surface area contributed by atoms with Crippen LogP contribution >= 0.6 is 0 Å². The van der Waals surface area contributed by atoms with Gasteiger partial charge in [-0.15, -0.1) is 0 Å². The van der Waals surface area contributed by atoms with Gasteiger partial charge >= 0.3 is 12.8 Å². The number of rotatable bonds is 6. The van der Waals surface area contributed by atoms with Gasteiger partial charge in [0.05, 0.1) is 5.56 Å². The first-order valence-corrected chi connectivity index (χ1v) is 10.0. The number of primary amides is 1. The van der Waals surface area contributed by atoms with E-state index in [1.54, 1.807) is 0 Å². The molecule has 3 N–H and O–H groups in total. The van der Waals surface area contributed by atoms with E-state index in [9.17, 15) is 40.3 Å². The van der Waals surface area contributed by atoms with Crippen LogP contribution in [-0.2, 0) is 9.53 Å². The Kier molecular flexibility index (Phi) is 7.02. The van der Waals surface area contributed by atoms with Crippen LogP contribution in [0.4, 0.5) is 36.4 Å². The number of nitrogens with one attached hydrogen (secondary N) is 1. The lowest BCUT2D eigenvalue weighted by atomic mass is 9.77. The molecule has 4 atom stereocenters. The predicted octanol–water partition coefficient (Wildman–Crippen LogP) is 4.74. The monoisotopic (exact) mass is 508 g/mol. The Bertz CT molecular complexity index is 1140. The minimum absolute atomic E-state index is 0.191. The summed E-state index contributed by atoms with van der Waals surface area (Å²) in [4.78, 5) is 24.4. The van der Waals surface area contributed by atoms with Crippen molar-refractivity contribution in [3.63, 3.8) is 0 Å². The summed E-state index contributed by atoms with van der Waals surface area (Å²) >= 11 is 0. The topological polar surface area (TPSA) is 90.6 Å². The van der Waals surface area contributed by atoms with Crippen LogP contribution in [0.2, 0.25) is 0 Å². The molecule has 0 aliphatic carbocycles. The van der Waals surface area contributed by atoms with Gasteiger partial charge in [0, 0.05) is 29.2 Å². The molecule has 1 saturated heterocycles. The van der Waals surface area contributed by atoms with E-state index in [0.717, 1.165) is 37.3 Å². The lowest BCUT2D eigenvalue weighted by molar-refractivity contribution is -0.272. The van der Waals surface area contributed by atoms with Crippen molar-refractivity contribution in [3.8, 4) is 5.75 Å². The minimum Gasteiger partial charge on any atom is -0.434 e. The highest BCUT2D eigenvalue weighted by atomic mass is 19.4. The van der Waals surface area contributed by atoms with E-state index >= 15 is 0 Å². The summed E-state index contributed by atoms with van der Waals surface area (Å²) in [5, 5.41) is 2.22. The van der Waals surface area contributed by atoms with Crippen molar-refractivity contribution in [2.75, 3.05) is 5.32 Å². The quantitative estimate of drug-likeness (QED) is 0.552. The fourth-order valence-electron chi connectivity index (χ4n) is 4.01. The molecule has 0 unspecified atom stereocenters. The van der Waals surface area contributed by atoms with Crippen LogP contribution in [0.1, 0.15) is 35.7 Å². The fourth-order valence-corrected chi connectivity index (χ4v) is 4.01. The second-order valence-corrected chi connectivity index (χ2v) is 8.07. The molecule has 6 nitrogen and oxygen atoms in total. The smallest absolute Gasteiger partial charge is 0.417 e. The van der Waals surface area contributed by atoms with Crippen LogP contribution in [0.25, 0.3) is 0 Å². The van der Waals surface area contributed by atoms with Gasteiger partial charge < -0.3 is 20.5 Å². The third-order valence-electron chi connectivity index (χ3n) is 5.98. The Labute approximate surface area is 194 Å². The molecule has 1 fully saturated rings. The Morgan fingerprint density at radius 1 is 1.14 bits per heavy atom. The van der Waals surface area contributed by atoms with Crippen molar-refractivity contribution in [1.29, 1.82) is 0 Å². The molecule has 2 aromatic carbocycles. The molecule has 3 rings (SSSR count). The van der Waals surface area contributed by atoms with E-state index in [-0.39, 0.29) is 11.3 Å². The van der Waals surface area contributed by atoms with Crippen molar-refractivity contribution in [3.05, 3.63) is 59.2 Å². The summed E-state index contributed by atoms with van der Waals surface area (Å²) in [5.41, 5.74) is 1.05. The molecule has 1 aliphatic heterocycles. The Hall–Kier alpha value is -3.35. The van der Waals surface area contributed by atoms with Crippen molar-refractivity contribution in [2.45, 2.75) is 44.3 Å². The van der Waals surface area contributed by atoms with Gasteiger partial charge in [0.1, 0.15) is 23.5 Å². The maximum absolute atomic E-state index is 13.9. The number of hydrogen-bond acceptors (Lipinski definition) is 4. The number of halogens is 7. The van der Waals surface area contributed by atoms with E-state index < -0.39 is 71.1 Å². The molecule has 1 aliphatic rings. The molecule has 0 bridgehead atoms. The zero-order valence-electron chi connectivity index (χ0n) is 18.1. The zero-order chi connectivity index (χ0) is 26.3. The molecule has 0 saturated carbocycles. The van der Waals surface area contributed by atoms with E-state index in [1.165, 1.54) is 0 Å². The molecular formula is C22H19F7N2O4. The Morgan fingerprint density at radius 2 is 1.80 bits per heavy atom. The first kappa shape index (κ1) is 26.3. The standard InChI is InChI=1S/C22H19F7N2O4/c1-9-16(12-5-3-10(23)7-15(12)34-20(25)26)17(35-21(9,2)22(27,28)29)19(33)31-11-4-6-14(24)13(8-11)18(30)32/h3-9,16-17,20H,1-2H3,(H2,30,32)(H,31,33)/t9-,16+,17-,21-/m0/s1. The second kappa shape index (κ2) is 9.36. The maximum Gasteiger partial charge on any atom is 0.417 e. The first-order valence-electron chi connectivity index (χ1n) is 10.0. The van der Waals surface area contributed by atoms with E-state index in [1.807, 2.05) is 0 Å². The van der Waals surface area contributed by atoms with Gasteiger partial charge in [-0.1, -0.05) is 13.0 Å². The van der Waals surface area contributed by atoms with Gasteiger partial charge in [0.15, 0.2) is 5.60 Å². The van der Waals surface area contributed by atoms with Crippen LogP contribution in [-0.4, -0.2) is 36.3 Å². The van der Waals surface area contributed by atoms with Crippen LogP contribution in [0.15, 0.2) is 36.4 Å². The molecule has 1 heterocycles. The lowest BCUT2D eigenvalue weighted by Gasteiger charge is -2.32. The zero-order valence-corrected chi connectivity index (χ0v) is 18.1. The molecule has 0 aromatic heterocycles. The van der Waals surface area contributed by atoms with Crippen LogP contribution in [0.3, 0.4) is 0 Å². The molecule has 0 radical (unpaired) electrons. The average molecular weight is 508 g/mol. The molecule has 190 valence electrons. The minimum atomic E-state index is -4.99. The number of anilines is 1. The van der Waals surface area contributed by atoms with Gasteiger partial charge in [0.2, 0.25) is 0 Å². The number of carbonyl (C=O) groups excluding carboxylic acids is 2. The van der Waals surface area contributed by atoms with Crippen LogP contribution < -0.4 is 15.8 Å². The molecule has 35 heavy (non-hydrogen) atoms. The largest absolute Gasteiger partial charge is 0.434 e. The number of benzene rings is 2. The molecule has 13 heteroatoms. The summed E-state index contributed by atoms with van der Waals surface area (Å²) in [7, 11) is 0. The summed E-state index contributed by atoms with van der Waals surface area (Å²) in [6.07, 6.45) is -6.91. The predicted molar refractivity (Wildman–Crippen MR) is 108 cm³/mol. The third-order valence-corrected chi connectivity index (χ3v) is 5.98. The highest BCUT2D eigenvalue weighted by molar-refractivity contribution is 5.98. The van der Waals surface area contributed by atoms with Gasteiger partial charge in [-0.3, -0.25) is 9.59 Å². The van der Waals surface area contributed by atoms with E-state index in [4.69, 9.17) is 10.5 Å². The van der Waals surface area contributed by atoms with Crippen molar-refractivity contribution >= 4 is 17.5 Å². The van der Waals surface area contributed by atoms with Gasteiger partial charge in [-0.25, -0.2) is 8.78 Å². The van der Waals surface area contributed by atoms with Crippen LogP contribution in [0.5, 0.6) is 5.75 Å². The molecular weight excluding hydrogens is 489 g/mol. The summed E-state index contributed by atoms with van der Waals surface area (Å²) in [6, 6.07) is 5.01. The van der Waals surface area contributed by atoms with E-state index in [2.05, 4.69) is 10.1 Å². The average Bonchev–Trinajstić information content (AvgIpc) is 3.01. The summed E-state index contributed by atoms with van der Waals surface area (Å²) < 4.78 is 105. The maximum atomic E-state index is 13.9. The first-order chi connectivity index (χ1) is 16.2. The number of amides is 2. The second-order valence-electron chi connectivity index (χ2n) is 8.07. The van der Waals surface area contributed by atoms with E-state index in [0.29, 0.717) is 13.0 Å². The number of carbonyl (C=O) groups is 2. The number of hydrogen-bond donors (Lipinski definition) is 2. The molecule has 2 amide bonds. The van der Waals surface area contributed by atoms with Gasteiger partial charge in [-0.2, -0.15) is 22.0 Å². The molecule has 2 aromatic rings. The number of ether oxygens (including phenoxy) is 2. The summed E-state index contributed by atoms with van der Waals surface area (Å²) in [6.45, 7) is -1.64. The Balaban J connectivity index is 2.07. The van der Waals surface area contributed by atoms with Crippen LogP contribution in [0, 0.1) is 17.6 Å². The fraction of sp³-hybridized carbons (Fsp3) is 0.364. The SMILES string of the molecule is C[C@H]1[C@H](c2ccc(F)cc2OC(F)F)[C@@H](C(=O)Nc2ccc(F)c(C(N)=O)c2)O[C@]1(C)C(F)(F)F. The summed E-state index contributed by atoms with van der Waals surface area (Å²) in [5.74, 6) is -8.13. The van der Waals surface area contributed by atoms with Crippen molar-refractivity contribution in [2.24, 2.45) is 11.7 Å². The van der Waals surface area contributed by atoms with Crippen molar-refractivity contribution in [1.82, 2.24) is 0 Å². The lowest BCUT2D eigenvalue weighted by Crippen LogP contribution is -2.47. The highest BCUT2D eigenvalue weighted by Crippen LogP contribution is 2.54. The molecule has 0 spiro atoms. The van der Waals surface area contributed by atoms with Crippen molar-refractivity contribution < 1.29 is 49.8 Å². The number of nitrogens with two attached hydrogens (primary N) is 1.